The lowest BCUT2D eigenvalue weighted by Crippen LogP contribution is -2.28. The van der Waals surface area contributed by atoms with E-state index in [-0.39, 0.29) is 10.8 Å². The Hall–Kier alpha value is -2.14. The van der Waals surface area contributed by atoms with Crippen molar-refractivity contribution < 1.29 is 13.2 Å². The average molecular weight is 317 g/mol. The van der Waals surface area contributed by atoms with E-state index in [1.165, 1.54) is 11.0 Å². The highest BCUT2D eigenvalue weighted by atomic mass is 32.2. The number of anilines is 1. The highest BCUT2D eigenvalue weighted by Crippen LogP contribution is 2.26. The van der Waals surface area contributed by atoms with Gasteiger partial charge in [-0.25, -0.2) is 8.42 Å². The number of sulfone groups is 1. The van der Waals surface area contributed by atoms with Crippen LogP contribution in [-0.2, 0) is 9.84 Å². The third-order valence-corrected chi connectivity index (χ3v) is 4.91. The number of carbonyl (C=O) groups is 1. The van der Waals surface area contributed by atoms with Crippen LogP contribution in [0.5, 0.6) is 0 Å². The fourth-order valence-electron chi connectivity index (χ4n) is 2.32. The minimum atomic E-state index is -3.41. The van der Waals surface area contributed by atoms with E-state index in [1.807, 2.05) is 26.0 Å². The summed E-state index contributed by atoms with van der Waals surface area (Å²) < 4.78 is 23.8. The van der Waals surface area contributed by atoms with Gasteiger partial charge in [-0.15, -0.1) is 0 Å². The van der Waals surface area contributed by atoms with Crippen molar-refractivity contribution >= 4 is 21.4 Å². The van der Waals surface area contributed by atoms with Crippen molar-refractivity contribution in [3.63, 3.8) is 0 Å². The Bertz CT molecular complexity index is 826. The molecule has 0 heterocycles. The normalized spacial score (nSPS) is 11.3. The first-order chi connectivity index (χ1) is 10.2. The summed E-state index contributed by atoms with van der Waals surface area (Å²) in [5.41, 5.74) is 2.88. The molecule has 0 aliphatic heterocycles. The molecule has 0 unspecified atom stereocenters. The van der Waals surface area contributed by atoms with Crippen LogP contribution in [0.25, 0.3) is 0 Å². The standard InChI is InChI=1S/C17H19NO3S/c1-12-8-7-9-14(13(12)2)17(19)18(3)15-10-5-6-11-16(15)22(4,20)21/h5-11H,1-4H3. The zero-order valence-electron chi connectivity index (χ0n) is 13.1. The first kappa shape index (κ1) is 16.2. The molecule has 0 saturated carbocycles. The number of hydrogen-bond donors (Lipinski definition) is 0. The minimum Gasteiger partial charge on any atom is -0.310 e. The molecule has 0 aromatic heterocycles. The molecule has 0 atom stereocenters. The van der Waals surface area contributed by atoms with Crippen LogP contribution >= 0.6 is 0 Å². The van der Waals surface area contributed by atoms with E-state index < -0.39 is 9.84 Å². The summed E-state index contributed by atoms with van der Waals surface area (Å²) in [5.74, 6) is -0.225. The Labute approximate surface area is 131 Å². The lowest BCUT2D eigenvalue weighted by molar-refractivity contribution is 0.0992. The van der Waals surface area contributed by atoms with Gasteiger partial charge in [0.25, 0.3) is 5.91 Å². The van der Waals surface area contributed by atoms with Crippen molar-refractivity contribution in [3.8, 4) is 0 Å². The minimum absolute atomic E-state index is 0.149. The maximum absolute atomic E-state index is 12.7. The average Bonchev–Trinajstić information content (AvgIpc) is 2.48. The molecule has 0 aliphatic carbocycles. The molecule has 4 nitrogen and oxygen atoms in total. The molecule has 0 bridgehead atoms. The summed E-state index contributed by atoms with van der Waals surface area (Å²) in [6.07, 6.45) is 1.14. The van der Waals surface area contributed by atoms with Crippen molar-refractivity contribution in [3.05, 3.63) is 59.2 Å². The van der Waals surface area contributed by atoms with Crippen LogP contribution in [0.3, 0.4) is 0 Å². The van der Waals surface area contributed by atoms with Crippen molar-refractivity contribution in [2.24, 2.45) is 0 Å². The molecule has 5 heteroatoms. The Balaban J connectivity index is 2.51. The molecule has 0 aliphatic rings. The molecule has 116 valence electrons. The smallest absolute Gasteiger partial charge is 0.258 e. The largest absolute Gasteiger partial charge is 0.310 e. The second kappa shape index (κ2) is 5.93. The summed E-state index contributed by atoms with van der Waals surface area (Å²) in [5, 5.41) is 0. The van der Waals surface area contributed by atoms with Gasteiger partial charge in [0.15, 0.2) is 9.84 Å². The number of amides is 1. The van der Waals surface area contributed by atoms with Crippen LogP contribution in [0.2, 0.25) is 0 Å². The van der Waals surface area contributed by atoms with Crippen molar-refractivity contribution in [2.75, 3.05) is 18.2 Å². The maximum atomic E-state index is 12.7. The summed E-state index contributed by atoms with van der Waals surface area (Å²) >= 11 is 0. The quantitative estimate of drug-likeness (QED) is 0.874. The van der Waals surface area contributed by atoms with Crippen molar-refractivity contribution in [1.82, 2.24) is 0 Å². The van der Waals surface area contributed by atoms with Gasteiger partial charge in [-0.05, 0) is 43.2 Å². The van der Waals surface area contributed by atoms with Gasteiger partial charge in [-0.3, -0.25) is 4.79 Å². The Kier molecular flexibility index (Phi) is 4.37. The summed E-state index contributed by atoms with van der Waals surface area (Å²) in [6, 6.07) is 12.0. The Morgan fingerprint density at radius 2 is 1.64 bits per heavy atom. The van der Waals surface area contributed by atoms with Crippen molar-refractivity contribution in [1.29, 1.82) is 0 Å². The number of benzene rings is 2. The summed E-state index contributed by atoms with van der Waals surface area (Å²) in [4.78, 5) is 14.3. The van der Waals surface area contributed by atoms with Gasteiger partial charge < -0.3 is 4.90 Å². The predicted molar refractivity (Wildman–Crippen MR) is 88.2 cm³/mol. The number of nitrogens with zero attached hydrogens (tertiary/aromatic N) is 1. The van der Waals surface area contributed by atoms with Gasteiger partial charge in [0.1, 0.15) is 0 Å². The molecule has 0 spiro atoms. The van der Waals surface area contributed by atoms with E-state index in [1.54, 1.807) is 31.3 Å². The number of rotatable bonds is 3. The van der Waals surface area contributed by atoms with Crippen LogP contribution in [0.4, 0.5) is 5.69 Å². The third-order valence-electron chi connectivity index (χ3n) is 3.77. The first-order valence-electron chi connectivity index (χ1n) is 6.87. The van der Waals surface area contributed by atoms with E-state index in [0.717, 1.165) is 17.4 Å². The van der Waals surface area contributed by atoms with Gasteiger partial charge in [-0.2, -0.15) is 0 Å². The molecule has 1 amide bonds. The van der Waals surface area contributed by atoms with Gasteiger partial charge in [0, 0.05) is 18.9 Å². The summed E-state index contributed by atoms with van der Waals surface area (Å²) in [7, 11) is -1.81. The van der Waals surface area contributed by atoms with Crippen LogP contribution < -0.4 is 4.90 Å². The number of para-hydroxylation sites is 1. The van der Waals surface area contributed by atoms with Crippen LogP contribution in [0, 0.1) is 13.8 Å². The molecule has 0 N–H and O–H groups in total. The maximum Gasteiger partial charge on any atom is 0.258 e. The zero-order chi connectivity index (χ0) is 16.5. The van der Waals surface area contributed by atoms with Gasteiger partial charge in [0.2, 0.25) is 0 Å². The van der Waals surface area contributed by atoms with Gasteiger partial charge in [-0.1, -0.05) is 24.3 Å². The molecule has 2 aromatic carbocycles. The van der Waals surface area contributed by atoms with Crippen LogP contribution in [0.1, 0.15) is 21.5 Å². The molecule has 2 rings (SSSR count). The molecule has 0 fully saturated rings. The Morgan fingerprint density at radius 1 is 1.00 bits per heavy atom. The third kappa shape index (κ3) is 3.04. The van der Waals surface area contributed by atoms with Gasteiger partial charge >= 0.3 is 0 Å². The van der Waals surface area contributed by atoms with Gasteiger partial charge in [0.05, 0.1) is 10.6 Å². The molecule has 22 heavy (non-hydrogen) atoms. The highest BCUT2D eigenvalue weighted by Gasteiger charge is 2.21. The van der Waals surface area contributed by atoms with Crippen LogP contribution in [-0.4, -0.2) is 27.6 Å². The van der Waals surface area contributed by atoms with E-state index in [0.29, 0.717) is 11.3 Å². The zero-order valence-corrected chi connectivity index (χ0v) is 13.9. The Morgan fingerprint density at radius 3 is 2.27 bits per heavy atom. The second-order valence-corrected chi connectivity index (χ2v) is 7.34. The molecule has 2 aromatic rings. The fourth-order valence-corrected chi connectivity index (χ4v) is 3.23. The molecular weight excluding hydrogens is 298 g/mol. The first-order valence-corrected chi connectivity index (χ1v) is 8.76. The monoisotopic (exact) mass is 317 g/mol. The van der Waals surface area contributed by atoms with E-state index in [2.05, 4.69) is 0 Å². The fraction of sp³-hybridized carbons (Fsp3) is 0.235. The predicted octanol–water partition coefficient (Wildman–Crippen LogP) is 2.98. The highest BCUT2D eigenvalue weighted by molar-refractivity contribution is 7.90. The SMILES string of the molecule is Cc1cccc(C(=O)N(C)c2ccccc2S(C)(=O)=O)c1C. The molecule has 0 radical (unpaired) electrons. The molecule has 0 saturated heterocycles. The lowest BCUT2D eigenvalue weighted by Gasteiger charge is -2.21. The summed E-state index contributed by atoms with van der Waals surface area (Å²) in [6.45, 7) is 3.83. The molecular formula is C17H19NO3S. The van der Waals surface area contributed by atoms with E-state index >= 15 is 0 Å². The van der Waals surface area contributed by atoms with E-state index in [4.69, 9.17) is 0 Å². The van der Waals surface area contributed by atoms with Crippen LogP contribution in [0.15, 0.2) is 47.4 Å². The second-order valence-electron chi connectivity index (χ2n) is 5.35. The van der Waals surface area contributed by atoms with E-state index in [9.17, 15) is 13.2 Å². The topological polar surface area (TPSA) is 54.5 Å². The van der Waals surface area contributed by atoms with Crippen molar-refractivity contribution in [2.45, 2.75) is 18.7 Å². The lowest BCUT2D eigenvalue weighted by atomic mass is 10.0. The number of hydrogen-bond acceptors (Lipinski definition) is 3. The number of aryl methyl sites for hydroxylation is 1. The number of carbonyl (C=O) groups excluding carboxylic acids is 1.